The van der Waals surface area contributed by atoms with Gasteiger partial charge in [0.05, 0.1) is 36.3 Å². The third kappa shape index (κ3) is 10.6. The minimum absolute atomic E-state index is 0.00774. The van der Waals surface area contributed by atoms with Gasteiger partial charge in [-0.05, 0) is 102 Å². The molecule has 68 heavy (non-hydrogen) atoms. The maximum atomic E-state index is 15.2. The lowest BCUT2D eigenvalue weighted by Gasteiger charge is -2.59. The Kier molecular flexibility index (Phi) is 16.1. The number of thioether (sulfide) groups is 1. The zero-order chi connectivity index (χ0) is 47.5. The number of unbranched alkanes of at least 4 members (excludes halogenated alkanes) is 2. The van der Waals surface area contributed by atoms with Crippen molar-refractivity contribution in [3.05, 3.63) is 161 Å². The number of hydrogen-bond acceptors (Lipinski definition) is 12. The molecule has 6 atom stereocenters. The highest BCUT2D eigenvalue weighted by molar-refractivity contribution is 7.99. The van der Waals surface area contributed by atoms with Crippen LogP contribution in [0.5, 0.6) is 17.2 Å². The highest BCUT2D eigenvalue weighted by Gasteiger charge is 2.65. The number of carbonyl (C=O) groups excluding carboxylic acids is 1. The van der Waals surface area contributed by atoms with Gasteiger partial charge >= 0.3 is 6.09 Å². The first kappa shape index (κ1) is 48.3. The van der Waals surface area contributed by atoms with Crippen LogP contribution in [0.25, 0.3) is 10.8 Å². The number of amides is 1. The Bertz CT molecular complexity index is 2580. The number of nitro benzene ring substituents is 1. The summed E-state index contributed by atoms with van der Waals surface area (Å²) < 4.78 is 27.2. The number of allylic oxidation sites excluding steroid dienone is 1. The number of non-ortho nitro benzene ring substituents is 1. The van der Waals surface area contributed by atoms with E-state index >= 15 is 4.79 Å². The molecule has 5 aromatic carbocycles. The summed E-state index contributed by atoms with van der Waals surface area (Å²) in [5.41, 5.74) is 3.19. The van der Waals surface area contributed by atoms with Crippen molar-refractivity contribution in [2.24, 2.45) is 22.9 Å². The molecule has 5 aromatic rings. The van der Waals surface area contributed by atoms with E-state index in [4.69, 9.17) is 28.9 Å². The smallest absolute Gasteiger partial charge is 0.416 e. The highest BCUT2D eigenvalue weighted by atomic mass is 32.2. The Balaban J connectivity index is 1.29. The van der Waals surface area contributed by atoms with Gasteiger partial charge in [-0.15, -0.1) is 18.3 Å². The second-order valence-electron chi connectivity index (χ2n) is 17.4. The molecule has 13 nitrogen and oxygen atoms in total. The van der Waals surface area contributed by atoms with Crippen molar-refractivity contribution in [3.8, 4) is 17.2 Å². The molecular weight excluding hydrogens is 883 g/mol. The number of benzene rings is 5. The molecule has 6 unspecified atom stereocenters. The number of oxime groups is 1. The fourth-order valence-corrected chi connectivity index (χ4v) is 11.1. The molecule has 1 aliphatic heterocycles. The lowest BCUT2D eigenvalue weighted by Crippen LogP contribution is -2.70. The lowest BCUT2D eigenvalue weighted by atomic mass is 9.55. The number of rotatable bonds is 22. The summed E-state index contributed by atoms with van der Waals surface area (Å²) in [7, 11) is 1.51. The summed E-state index contributed by atoms with van der Waals surface area (Å²) in [6.07, 6.45) is 7.83. The summed E-state index contributed by atoms with van der Waals surface area (Å²) >= 11 is 1.72. The van der Waals surface area contributed by atoms with Crippen LogP contribution in [0.1, 0.15) is 62.0 Å². The predicted molar refractivity (Wildman–Crippen MR) is 263 cm³/mol. The molecule has 0 aromatic heterocycles. The molecule has 3 aliphatic rings. The van der Waals surface area contributed by atoms with Crippen molar-refractivity contribution in [3.63, 3.8) is 0 Å². The monoisotopic (exact) mass is 941 g/mol. The molecule has 14 heteroatoms. The summed E-state index contributed by atoms with van der Waals surface area (Å²) in [5, 5.41) is 38.2. The molecular formula is C54H59N3O10S. The maximum Gasteiger partial charge on any atom is 0.416 e. The summed E-state index contributed by atoms with van der Waals surface area (Å²) in [4.78, 5) is 34.7. The molecule has 0 spiro atoms. The van der Waals surface area contributed by atoms with Crippen molar-refractivity contribution in [2.75, 3.05) is 39.3 Å². The van der Waals surface area contributed by atoms with Crippen molar-refractivity contribution in [1.29, 1.82) is 0 Å². The van der Waals surface area contributed by atoms with Crippen LogP contribution in [-0.4, -0.2) is 83.0 Å². The van der Waals surface area contributed by atoms with Crippen LogP contribution >= 0.6 is 11.8 Å². The van der Waals surface area contributed by atoms with Crippen molar-refractivity contribution < 1.29 is 43.7 Å². The van der Waals surface area contributed by atoms with E-state index in [0.29, 0.717) is 36.7 Å². The number of nitrogens with zero attached hydrogens (tertiary/aromatic N) is 3. The third-order valence-electron chi connectivity index (χ3n) is 13.3. The largest absolute Gasteiger partial charge is 0.493 e. The van der Waals surface area contributed by atoms with Gasteiger partial charge in [-0.1, -0.05) is 90.8 Å². The SMILES string of the molecule is C=CCOC12Oc3ccc(OCCSc4ccccc4)cc3C3C(CCCCO)C(CCCCO)C=C(C(=NOC)CC1N(Cc1cccc4ccccc14)C(=O)Oc1ccc([N+](=O)[O-])cc1)C32. The number of hydrogen-bond donors (Lipinski definition) is 2. The Morgan fingerprint density at radius 2 is 1.68 bits per heavy atom. The molecule has 0 bridgehead atoms. The second kappa shape index (κ2) is 22.7. The first-order valence-electron chi connectivity index (χ1n) is 23.4. The minimum Gasteiger partial charge on any atom is -0.493 e. The van der Waals surface area contributed by atoms with Crippen molar-refractivity contribution in [2.45, 2.75) is 74.1 Å². The molecule has 0 radical (unpaired) electrons. The van der Waals surface area contributed by atoms with Crippen LogP contribution in [0.15, 0.2) is 150 Å². The molecule has 1 fully saturated rings. The number of carbonyl (C=O) groups is 1. The molecule has 1 heterocycles. The first-order chi connectivity index (χ1) is 33.3. The number of aliphatic hydroxyl groups is 2. The summed E-state index contributed by atoms with van der Waals surface area (Å²) in [6.45, 7) is 4.83. The van der Waals surface area contributed by atoms with Crippen LogP contribution in [0.4, 0.5) is 10.5 Å². The van der Waals surface area contributed by atoms with Gasteiger partial charge in [0, 0.05) is 53.9 Å². The van der Waals surface area contributed by atoms with E-state index < -0.39 is 28.8 Å². The molecule has 1 amide bonds. The normalized spacial score (nSPS) is 22.0. The zero-order valence-corrected chi connectivity index (χ0v) is 39.1. The van der Waals surface area contributed by atoms with Gasteiger partial charge in [-0.25, -0.2) is 4.79 Å². The fraction of sp³-hybridized carbons (Fsp3) is 0.370. The summed E-state index contributed by atoms with van der Waals surface area (Å²) in [6, 6.07) is 34.6. The molecule has 8 rings (SSSR count). The average molecular weight is 942 g/mol. The van der Waals surface area contributed by atoms with Gasteiger partial charge in [0.1, 0.15) is 30.4 Å². The number of fused-ring (bicyclic) bond motifs is 3. The fourth-order valence-electron chi connectivity index (χ4n) is 10.4. The molecule has 2 aliphatic carbocycles. The van der Waals surface area contributed by atoms with Crippen LogP contribution in [0.2, 0.25) is 0 Å². The van der Waals surface area contributed by atoms with E-state index in [1.54, 1.807) is 22.7 Å². The Morgan fingerprint density at radius 3 is 2.43 bits per heavy atom. The lowest BCUT2D eigenvalue weighted by molar-refractivity contribution is -0.384. The van der Waals surface area contributed by atoms with Crippen molar-refractivity contribution >= 4 is 40.0 Å². The van der Waals surface area contributed by atoms with Gasteiger partial charge in [0.25, 0.3) is 5.69 Å². The zero-order valence-electron chi connectivity index (χ0n) is 38.3. The molecule has 356 valence electrons. The number of ether oxygens (including phenoxy) is 4. The van der Waals surface area contributed by atoms with E-state index in [1.807, 2.05) is 72.8 Å². The highest BCUT2D eigenvalue weighted by Crippen LogP contribution is 2.62. The van der Waals surface area contributed by atoms with Gasteiger partial charge in [0.15, 0.2) is 0 Å². The van der Waals surface area contributed by atoms with Gasteiger partial charge < -0.3 is 34.0 Å². The van der Waals surface area contributed by atoms with Gasteiger partial charge in [0.2, 0.25) is 5.79 Å². The van der Waals surface area contributed by atoms with Gasteiger partial charge in [-0.3, -0.25) is 15.0 Å². The van der Waals surface area contributed by atoms with Gasteiger partial charge in [-0.2, -0.15) is 0 Å². The van der Waals surface area contributed by atoms with Crippen LogP contribution in [0.3, 0.4) is 0 Å². The molecule has 1 saturated carbocycles. The number of aliphatic hydroxyl groups excluding tert-OH is 2. The predicted octanol–water partition coefficient (Wildman–Crippen LogP) is 10.9. The van der Waals surface area contributed by atoms with E-state index in [9.17, 15) is 20.3 Å². The average Bonchev–Trinajstić information content (AvgIpc) is 3.36. The Morgan fingerprint density at radius 1 is 0.941 bits per heavy atom. The Labute approximate surface area is 401 Å². The standard InChI is InChI=1S/C54H59N3O10S/c1-3-30-65-54-50(56(36-39-17-13-16-37-14-7-8-20-44(37)39)53(60)66-41-24-22-40(23-25-41)57(61)62)35-48(55-63-2)46-33-38(15-9-11-28-58)45(21-10-12-29-59)51(52(46)54)47-34-42(26-27-49(47)67-54)64-31-32-68-43-18-5-4-6-19-43/h3-8,13-14,16-20,22-27,33-34,38,45,50-52,58-59H,1,9-12,15,21,28-32,35-36H2,2H3. The van der Waals surface area contributed by atoms with E-state index in [2.05, 4.69) is 30.9 Å². The Hall–Kier alpha value is -6.19. The molecule has 2 N–H and O–H groups in total. The minimum atomic E-state index is -1.55. The van der Waals surface area contributed by atoms with Crippen LogP contribution < -0.4 is 14.2 Å². The molecule has 0 saturated heterocycles. The summed E-state index contributed by atoms with van der Waals surface area (Å²) in [5.74, 6) is -0.157. The third-order valence-corrected chi connectivity index (χ3v) is 14.3. The van der Waals surface area contributed by atoms with E-state index in [1.165, 1.54) is 31.4 Å². The van der Waals surface area contributed by atoms with E-state index in [-0.39, 0.29) is 62.0 Å². The van der Waals surface area contributed by atoms with Crippen molar-refractivity contribution in [1.82, 2.24) is 4.90 Å². The van der Waals surface area contributed by atoms with E-state index in [0.717, 1.165) is 63.8 Å². The van der Waals surface area contributed by atoms with Crippen LogP contribution in [-0.2, 0) is 16.1 Å². The topological polar surface area (TPSA) is 162 Å². The number of nitro groups is 1. The first-order valence-corrected chi connectivity index (χ1v) is 24.4. The second-order valence-corrected chi connectivity index (χ2v) is 18.5. The van der Waals surface area contributed by atoms with Crippen LogP contribution in [0, 0.1) is 27.9 Å². The quantitative estimate of drug-likeness (QED) is 0.0223. The maximum absolute atomic E-state index is 15.2.